The molecular formula is C52H35NOS. The van der Waals surface area contributed by atoms with Gasteiger partial charge in [-0.05, 0) is 81.9 Å². The van der Waals surface area contributed by atoms with E-state index in [0.29, 0.717) is 0 Å². The third-order valence-corrected chi connectivity index (χ3v) is 12.4. The first-order valence-electron chi connectivity index (χ1n) is 19.0. The maximum absolute atomic E-state index is 6.61. The Morgan fingerprint density at radius 1 is 0.473 bits per heavy atom. The third kappa shape index (κ3) is 5.23. The van der Waals surface area contributed by atoms with Gasteiger partial charge in [0, 0.05) is 37.7 Å². The second kappa shape index (κ2) is 13.0. The van der Waals surface area contributed by atoms with E-state index in [1.165, 1.54) is 48.1 Å². The Bertz CT molecular complexity index is 3100. The normalized spacial score (nSPS) is 12.5. The fourth-order valence-electron chi connectivity index (χ4n) is 8.61. The average Bonchev–Trinajstić information content (AvgIpc) is 3.84. The van der Waals surface area contributed by atoms with E-state index >= 15 is 0 Å². The lowest BCUT2D eigenvalue weighted by molar-refractivity contribution is 0.670. The summed E-state index contributed by atoms with van der Waals surface area (Å²) in [5.74, 6) is 0. The van der Waals surface area contributed by atoms with E-state index < -0.39 is 0 Å². The fraction of sp³-hybridized carbons (Fsp3) is 0.0385. The highest BCUT2D eigenvalue weighted by molar-refractivity contribution is 7.20. The molecule has 0 radical (unpaired) electrons. The molecule has 2 heterocycles. The molecule has 2 nitrogen and oxygen atoms in total. The molecule has 0 unspecified atom stereocenters. The van der Waals surface area contributed by atoms with E-state index in [0.717, 1.165) is 68.4 Å². The highest BCUT2D eigenvalue weighted by atomic mass is 32.1. The van der Waals surface area contributed by atoms with Crippen LogP contribution in [-0.4, -0.2) is 0 Å². The van der Waals surface area contributed by atoms with Gasteiger partial charge in [0.25, 0.3) is 0 Å². The monoisotopic (exact) mass is 721 g/mol. The van der Waals surface area contributed by atoms with Crippen LogP contribution in [0.2, 0.25) is 0 Å². The standard InChI is InChI=1S/C52H35NOS/c1-3-15-34(16-4-1)37-31-32-47(40-20-8-7-19-38(37)40)53(48-26-14-25-45-42-22-10-12-28-50(42)55-52(45)48)36-29-30-39(46(33-36)35-17-5-2-6-18-35)43-23-13-24-44-41-21-9-11-27-49(41)54-51(43)44/h1-11,13-27,29-33H,12,28H2. The molecular weight excluding hydrogens is 687 g/mol. The number of benzene rings is 8. The predicted molar refractivity (Wildman–Crippen MR) is 235 cm³/mol. The Labute approximate surface area is 323 Å². The Kier molecular flexibility index (Phi) is 7.53. The second-order valence-corrected chi connectivity index (χ2v) is 15.4. The summed E-state index contributed by atoms with van der Waals surface area (Å²) in [4.78, 5) is 3.97. The third-order valence-electron chi connectivity index (χ3n) is 11.1. The Balaban J connectivity index is 1.19. The number of nitrogens with zero attached hydrogens (tertiary/aromatic N) is 1. The maximum Gasteiger partial charge on any atom is 0.143 e. The summed E-state index contributed by atoms with van der Waals surface area (Å²) in [5.41, 5.74) is 13.6. The molecule has 1 aliphatic carbocycles. The molecule has 260 valence electrons. The van der Waals surface area contributed by atoms with E-state index in [-0.39, 0.29) is 0 Å². The number of para-hydroxylation sites is 2. The van der Waals surface area contributed by atoms with Crippen molar-refractivity contribution in [1.29, 1.82) is 0 Å². The van der Waals surface area contributed by atoms with Crippen molar-refractivity contribution in [2.75, 3.05) is 4.90 Å². The van der Waals surface area contributed by atoms with Crippen LogP contribution in [-0.2, 0) is 6.42 Å². The van der Waals surface area contributed by atoms with Gasteiger partial charge in [-0.3, -0.25) is 0 Å². The number of anilines is 3. The van der Waals surface area contributed by atoms with Crippen molar-refractivity contribution in [3.05, 3.63) is 192 Å². The SMILES string of the molecule is C1=Cc2c(sc3c(N(c4ccc(-c5cccc6c5oc5ccccc56)c(-c5ccccc5)c4)c4ccc(-c5ccccc5)c5ccccc45)cccc23)CC1. The minimum atomic E-state index is 0.904. The lowest BCUT2D eigenvalue weighted by Crippen LogP contribution is -2.11. The lowest BCUT2D eigenvalue weighted by Gasteiger charge is -2.29. The van der Waals surface area contributed by atoms with Crippen LogP contribution in [0.4, 0.5) is 17.1 Å². The number of thiophene rings is 1. The molecule has 11 rings (SSSR count). The molecule has 0 aliphatic heterocycles. The zero-order chi connectivity index (χ0) is 36.3. The summed E-state index contributed by atoms with van der Waals surface area (Å²) in [6.07, 6.45) is 6.82. The van der Waals surface area contributed by atoms with Gasteiger partial charge in [-0.15, -0.1) is 11.3 Å². The molecule has 0 saturated heterocycles. The maximum atomic E-state index is 6.61. The topological polar surface area (TPSA) is 16.4 Å². The number of furan rings is 1. The van der Waals surface area contributed by atoms with Gasteiger partial charge in [-0.25, -0.2) is 0 Å². The van der Waals surface area contributed by atoms with Crippen molar-refractivity contribution < 1.29 is 4.42 Å². The predicted octanol–water partition coefficient (Wildman–Crippen LogP) is 15.4. The average molecular weight is 722 g/mol. The van der Waals surface area contributed by atoms with Gasteiger partial charge in [0.05, 0.1) is 16.1 Å². The largest absolute Gasteiger partial charge is 0.455 e. The Hall–Kier alpha value is -6.68. The molecule has 0 N–H and O–H groups in total. The number of allylic oxidation sites excluding steroid dienone is 1. The van der Waals surface area contributed by atoms with Gasteiger partial charge in [0.15, 0.2) is 0 Å². The van der Waals surface area contributed by atoms with Gasteiger partial charge in [-0.1, -0.05) is 158 Å². The lowest BCUT2D eigenvalue weighted by atomic mass is 9.92. The zero-order valence-electron chi connectivity index (χ0n) is 30.1. The highest BCUT2D eigenvalue weighted by Gasteiger charge is 2.24. The van der Waals surface area contributed by atoms with E-state index in [4.69, 9.17) is 4.42 Å². The van der Waals surface area contributed by atoms with Crippen molar-refractivity contribution in [1.82, 2.24) is 0 Å². The molecule has 3 heteroatoms. The number of hydrogen-bond donors (Lipinski definition) is 0. The Morgan fingerprint density at radius 2 is 1.15 bits per heavy atom. The van der Waals surface area contributed by atoms with Gasteiger partial charge in [0.1, 0.15) is 11.2 Å². The molecule has 55 heavy (non-hydrogen) atoms. The van der Waals surface area contributed by atoms with Gasteiger partial charge in [0.2, 0.25) is 0 Å². The molecule has 2 aromatic heterocycles. The van der Waals surface area contributed by atoms with Crippen molar-refractivity contribution in [3.8, 4) is 33.4 Å². The van der Waals surface area contributed by atoms with Crippen LogP contribution in [0.5, 0.6) is 0 Å². The summed E-state index contributed by atoms with van der Waals surface area (Å²) < 4.78 is 7.93. The second-order valence-electron chi connectivity index (χ2n) is 14.3. The van der Waals surface area contributed by atoms with Crippen LogP contribution in [0.25, 0.3) is 82.3 Å². The van der Waals surface area contributed by atoms with Crippen LogP contribution in [0, 0.1) is 0 Å². The van der Waals surface area contributed by atoms with Crippen LogP contribution in [0.15, 0.2) is 186 Å². The van der Waals surface area contributed by atoms with Crippen molar-refractivity contribution >= 4 is 77.3 Å². The molecule has 0 bridgehead atoms. The summed E-state index contributed by atoms with van der Waals surface area (Å²) in [7, 11) is 0. The minimum absolute atomic E-state index is 0.904. The molecule has 0 amide bonds. The molecule has 8 aromatic carbocycles. The summed E-state index contributed by atoms with van der Waals surface area (Å²) >= 11 is 1.95. The van der Waals surface area contributed by atoms with Gasteiger partial charge in [-0.2, -0.15) is 0 Å². The van der Waals surface area contributed by atoms with E-state index in [2.05, 4.69) is 187 Å². The van der Waals surface area contributed by atoms with Crippen LogP contribution < -0.4 is 4.90 Å². The number of rotatable bonds is 6. The van der Waals surface area contributed by atoms with Crippen molar-refractivity contribution in [3.63, 3.8) is 0 Å². The number of hydrogen-bond acceptors (Lipinski definition) is 3. The van der Waals surface area contributed by atoms with Crippen molar-refractivity contribution in [2.24, 2.45) is 0 Å². The highest BCUT2D eigenvalue weighted by Crippen LogP contribution is 2.49. The van der Waals surface area contributed by atoms with Crippen LogP contribution in [0.1, 0.15) is 16.9 Å². The molecule has 0 atom stereocenters. The van der Waals surface area contributed by atoms with E-state index in [9.17, 15) is 0 Å². The minimum Gasteiger partial charge on any atom is -0.455 e. The van der Waals surface area contributed by atoms with Crippen LogP contribution >= 0.6 is 11.3 Å². The number of fused-ring (bicyclic) bond motifs is 7. The first-order valence-corrected chi connectivity index (χ1v) is 19.8. The molecule has 1 aliphatic rings. The molecule has 10 aromatic rings. The summed E-state index contributed by atoms with van der Waals surface area (Å²) in [6, 6.07) is 63.7. The first-order chi connectivity index (χ1) is 27.3. The first kappa shape index (κ1) is 31.8. The smallest absolute Gasteiger partial charge is 0.143 e. The van der Waals surface area contributed by atoms with Gasteiger partial charge < -0.3 is 9.32 Å². The summed E-state index contributed by atoms with van der Waals surface area (Å²) in [5, 5.41) is 6.02. The van der Waals surface area contributed by atoms with E-state index in [1.807, 2.05) is 17.4 Å². The fourth-order valence-corrected chi connectivity index (χ4v) is 9.92. The van der Waals surface area contributed by atoms with E-state index in [1.54, 1.807) is 0 Å². The Morgan fingerprint density at radius 3 is 1.98 bits per heavy atom. The molecule has 0 fully saturated rings. The van der Waals surface area contributed by atoms with Gasteiger partial charge >= 0.3 is 0 Å². The zero-order valence-corrected chi connectivity index (χ0v) is 30.9. The molecule has 0 spiro atoms. The summed E-state index contributed by atoms with van der Waals surface area (Å²) in [6.45, 7) is 0. The molecule has 0 saturated carbocycles. The van der Waals surface area contributed by atoms with Crippen molar-refractivity contribution in [2.45, 2.75) is 12.8 Å². The number of aryl methyl sites for hydroxylation is 1. The van der Waals surface area contributed by atoms with Crippen LogP contribution in [0.3, 0.4) is 0 Å². The quantitative estimate of drug-likeness (QED) is 0.170.